The Morgan fingerprint density at radius 3 is 2.70 bits per heavy atom. The van der Waals surface area contributed by atoms with Crippen molar-refractivity contribution in [1.82, 2.24) is 4.98 Å². The van der Waals surface area contributed by atoms with Gasteiger partial charge in [-0.1, -0.05) is 29.8 Å². The Kier molecular flexibility index (Phi) is 3.44. The number of rotatable bonds is 2. The molecule has 0 spiro atoms. The van der Waals surface area contributed by atoms with Gasteiger partial charge in [-0.25, -0.2) is 9.79 Å². The predicted molar refractivity (Wildman–Crippen MR) is 91.7 cm³/mol. The molecule has 1 aromatic carbocycles. The third-order valence-electron chi connectivity index (χ3n) is 3.36. The highest BCUT2D eigenvalue weighted by Gasteiger charge is 2.27. The Labute approximate surface area is 140 Å². The van der Waals surface area contributed by atoms with Crippen LogP contribution in [0.5, 0.6) is 0 Å². The molecule has 0 saturated carbocycles. The average molecular weight is 341 g/mol. The Bertz CT molecular complexity index is 977. The lowest BCUT2D eigenvalue weighted by atomic mass is 10.2. The van der Waals surface area contributed by atoms with Crippen molar-refractivity contribution in [2.24, 2.45) is 4.99 Å². The summed E-state index contributed by atoms with van der Waals surface area (Å²) in [7, 11) is 0. The van der Waals surface area contributed by atoms with Crippen LogP contribution < -0.4 is 0 Å². The third kappa shape index (κ3) is 2.54. The topological polar surface area (TPSA) is 51.5 Å². The minimum atomic E-state index is -0.481. The van der Waals surface area contributed by atoms with Gasteiger partial charge in [0.05, 0.1) is 5.02 Å². The van der Waals surface area contributed by atoms with Gasteiger partial charge in [0.1, 0.15) is 4.88 Å². The van der Waals surface area contributed by atoms with Crippen molar-refractivity contribution in [3.63, 3.8) is 0 Å². The Morgan fingerprint density at radius 1 is 1.13 bits per heavy atom. The van der Waals surface area contributed by atoms with E-state index in [1.807, 2.05) is 24.3 Å². The summed E-state index contributed by atoms with van der Waals surface area (Å²) in [6.45, 7) is 0. The number of fused-ring (bicyclic) bond motifs is 1. The monoisotopic (exact) mass is 340 g/mol. The number of hydrogen-bond donors (Lipinski definition) is 0. The van der Waals surface area contributed by atoms with Gasteiger partial charge in [-0.2, -0.15) is 0 Å². The molecule has 2 aromatic heterocycles. The van der Waals surface area contributed by atoms with Crippen LogP contribution in [0.2, 0.25) is 5.02 Å². The highest BCUT2D eigenvalue weighted by atomic mass is 35.5. The number of halogens is 1. The minimum Gasteiger partial charge on any atom is -0.401 e. The van der Waals surface area contributed by atoms with Crippen LogP contribution in [-0.4, -0.2) is 16.9 Å². The van der Waals surface area contributed by atoms with Crippen LogP contribution in [0.4, 0.5) is 0 Å². The van der Waals surface area contributed by atoms with Gasteiger partial charge in [-0.15, -0.1) is 11.3 Å². The molecular formula is C17H9ClN2O2S. The Hall–Kier alpha value is -2.50. The van der Waals surface area contributed by atoms with Gasteiger partial charge >= 0.3 is 5.97 Å². The predicted octanol–water partition coefficient (Wildman–Crippen LogP) is 4.29. The van der Waals surface area contributed by atoms with Crippen LogP contribution in [0.25, 0.3) is 16.2 Å². The largest absolute Gasteiger partial charge is 0.401 e. The zero-order chi connectivity index (χ0) is 15.8. The first-order chi connectivity index (χ1) is 11.2. The summed E-state index contributed by atoms with van der Waals surface area (Å²) in [5.74, 6) is -0.230. The maximum Gasteiger partial charge on any atom is 0.363 e. The summed E-state index contributed by atoms with van der Waals surface area (Å²) in [4.78, 5) is 20.9. The smallest absolute Gasteiger partial charge is 0.363 e. The molecule has 6 heteroatoms. The number of esters is 1. The van der Waals surface area contributed by atoms with Gasteiger partial charge in [-0.05, 0) is 29.8 Å². The molecule has 0 bridgehead atoms. The first kappa shape index (κ1) is 14.1. The lowest BCUT2D eigenvalue weighted by Crippen LogP contribution is -2.04. The van der Waals surface area contributed by atoms with Crippen molar-refractivity contribution in [1.29, 1.82) is 0 Å². The maximum absolute atomic E-state index is 12.0. The Balaban J connectivity index is 1.77. The van der Waals surface area contributed by atoms with Gasteiger partial charge < -0.3 is 4.74 Å². The van der Waals surface area contributed by atoms with Crippen LogP contribution in [0.3, 0.4) is 0 Å². The summed E-state index contributed by atoms with van der Waals surface area (Å²) in [6.07, 6.45) is 4.97. The van der Waals surface area contributed by atoms with E-state index in [4.69, 9.17) is 16.3 Å². The van der Waals surface area contributed by atoms with Crippen LogP contribution in [0.15, 0.2) is 59.5 Å². The van der Waals surface area contributed by atoms with E-state index in [9.17, 15) is 4.79 Å². The van der Waals surface area contributed by atoms with Crippen LogP contribution >= 0.6 is 22.9 Å². The quantitative estimate of drug-likeness (QED) is 0.516. The SMILES string of the molecule is O=C1OC(c2sc3ccccc3c2Cl)=N/C1=C/c1ccncc1. The van der Waals surface area contributed by atoms with Crippen molar-refractivity contribution < 1.29 is 9.53 Å². The fourth-order valence-electron chi connectivity index (χ4n) is 2.28. The molecule has 4 nitrogen and oxygen atoms in total. The number of hydrogen-bond acceptors (Lipinski definition) is 5. The average Bonchev–Trinajstić information content (AvgIpc) is 3.10. The molecule has 4 rings (SSSR count). The number of ether oxygens (including phenoxy) is 1. The number of benzene rings is 1. The Morgan fingerprint density at radius 2 is 1.91 bits per heavy atom. The zero-order valence-corrected chi connectivity index (χ0v) is 13.3. The highest BCUT2D eigenvalue weighted by Crippen LogP contribution is 2.37. The molecule has 0 N–H and O–H groups in total. The first-order valence-electron chi connectivity index (χ1n) is 6.82. The molecule has 3 aromatic rings. The van der Waals surface area contributed by atoms with E-state index in [0.717, 1.165) is 15.6 Å². The lowest BCUT2D eigenvalue weighted by molar-refractivity contribution is -0.129. The molecule has 1 aliphatic rings. The fourth-order valence-corrected chi connectivity index (χ4v) is 3.71. The number of carbonyl (C=O) groups excluding carboxylic acids is 1. The molecule has 0 amide bonds. The molecule has 1 aliphatic heterocycles. The zero-order valence-electron chi connectivity index (χ0n) is 11.7. The number of nitrogens with zero attached hydrogens (tertiary/aromatic N) is 2. The van der Waals surface area contributed by atoms with Crippen molar-refractivity contribution in [2.45, 2.75) is 0 Å². The maximum atomic E-state index is 12.0. The molecule has 3 heterocycles. The third-order valence-corrected chi connectivity index (χ3v) is 5.02. The second-order valence-electron chi connectivity index (χ2n) is 4.86. The lowest BCUT2D eigenvalue weighted by Gasteiger charge is -1.95. The van der Waals surface area contributed by atoms with Crippen LogP contribution in [0, 0.1) is 0 Å². The summed E-state index contributed by atoms with van der Waals surface area (Å²) in [5, 5.41) is 1.49. The summed E-state index contributed by atoms with van der Waals surface area (Å²) in [6, 6.07) is 11.3. The molecular weight excluding hydrogens is 332 g/mol. The molecule has 0 aliphatic carbocycles. The minimum absolute atomic E-state index is 0.250. The van der Waals surface area contributed by atoms with Crippen molar-refractivity contribution in [3.05, 3.63) is 70.0 Å². The molecule has 0 fully saturated rings. The summed E-state index contributed by atoms with van der Waals surface area (Å²) < 4.78 is 6.32. The second kappa shape index (κ2) is 5.61. The van der Waals surface area contributed by atoms with Crippen molar-refractivity contribution in [2.75, 3.05) is 0 Å². The van der Waals surface area contributed by atoms with Crippen molar-refractivity contribution >= 4 is 51.0 Å². The van der Waals surface area contributed by atoms with E-state index in [2.05, 4.69) is 9.98 Å². The van der Waals surface area contributed by atoms with Crippen LogP contribution in [0.1, 0.15) is 10.4 Å². The number of aliphatic imine (C=N–C) groups is 1. The highest BCUT2D eigenvalue weighted by molar-refractivity contribution is 7.21. The van der Waals surface area contributed by atoms with E-state index < -0.39 is 5.97 Å². The summed E-state index contributed by atoms with van der Waals surface area (Å²) >= 11 is 7.86. The van der Waals surface area contributed by atoms with E-state index >= 15 is 0 Å². The van der Waals surface area contributed by atoms with Crippen LogP contribution in [-0.2, 0) is 9.53 Å². The van der Waals surface area contributed by atoms with E-state index in [1.165, 1.54) is 11.3 Å². The fraction of sp³-hybridized carbons (Fsp3) is 0. The number of thiophene rings is 1. The molecule has 0 radical (unpaired) electrons. The molecule has 112 valence electrons. The molecule has 0 unspecified atom stereocenters. The molecule has 23 heavy (non-hydrogen) atoms. The summed E-state index contributed by atoms with van der Waals surface area (Å²) in [5.41, 5.74) is 1.08. The van der Waals surface area contributed by atoms with Crippen molar-refractivity contribution in [3.8, 4) is 0 Å². The second-order valence-corrected chi connectivity index (χ2v) is 6.29. The van der Waals surface area contributed by atoms with Gasteiger partial charge in [0.2, 0.25) is 5.90 Å². The van der Waals surface area contributed by atoms with Gasteiger partial charge in [-0.3, -0.25) is 4.98 Å². The number of cyclic esters (lactones) is 1. The molecule has 0 saturated heterocycles. The van der Waals surface area contributed by atoms with E-state index in [1.54, 1.807) is 30.6 Å². The van der Waals surface area contributed by atoms with Gasteiger partial charge in [0, 0.05) is 22.5 Å². The number of carbonyl (C=O) groups is 1. The first-order valence-corrected chi connectivity index (χ1v) is 8.02. The van der Waals surface area contributed by atoms with Gasteiger partial charge in [0.15, 0.2) is 5.70 Å². The molecule has 0 atom stereocenters. The number of pyridine rings is 1. The van der Waals surface area contributed by atoms with Gasteiger partial charge in [0.25, 0.3) is 0 Å². The normalized spacial score (nSPS) is 16.0. The standard InChI is InChI=1S/C17H9ClN2O2S/c18-14-11-3-1-2-4-13(11)23-15(14)16-20-12(17(21)22-16)9-10-5-7-19-8-6-10/h1-9H/b12-9+. The van der Waals surface area contributed by atoms with E-state index in [-0.39, 0.29) is 11.6 Å². The number of aromatic nitrogens is 1. The van der Waals surface area contributed by atoms with E-state index in [0.29, 0.717) is 9.90 Å².